The van der Waals surface area contributed by atoms with E-state index in [9.17, 15) is 4.79 Å². The van der Waals surface area contributed by atoms with E-state index < -0.39 is 0 Å². The summed E-state index contributed by atoms with van der Waals surface area (Å²) in [5.41, 5.74) is 0.931. The van der Waals surface area contributed by atoms with Crippen molar-refractivity contribution in [2.24, 2.45) is 5.92 Å². The molecule has 1 amide bonds. The summed E-state index contributed by atoms with van der Waals surface area (Å²) in [6.07, 6.45) is 7.42. The lowest BCUT2D eigenvalue weighted by atomic mass is 9.87. The maximum Gasteiger partial charge on any atom is 0.224 e. The van der Waals surface area contributed by atoms with Gasteiger partial charge in [-0.2, -0.15) is 5.26 Å². The Balaban J connectivity index is 1.77. The highest BCUT2D eigenvalue weighted by molar-refractivity contribution is 5.78. The number of rotatable bonds is 3. The van der Waals surface area contributed by atoms with Crippen molar-refractivity contribution in [3.05, 3.63) is 30.1 Å². The summed E-state index contributed by atoms with van der Waals surface area (Å²) < 4.78 is 0. The van der Waals surface area contributed by atoms with Gasteiger partial charge in [0.05, 0.1) is 12.5 Å². The van der Waals surface area contributed by atoms with Gasteiger partial charge in [-0.05, 0) is 37.3 Å². The van der Waals surface area contributed by atoms with Gasteiger partial charge in [0.2, 0.25) is 5.91 Å². The molecule has 4 nitrogen and oxygen atoms in total. The van der Waals surface area contributed by atoms with Gasteiger partial charge < -0.3 is 5.32 Å². The van der Waals surface area contributed by atoms with E-state index in [2.05, 4.69) is 16.4 Å². The zero-order valence-corrected chi connectivity index (χ0v) is 10.3. The Hall–Kier alpha value is -1.89. The number of nitrogens with one attached hydrogen (secondary N) is 1. The first kappa shape index (κ1) is 12.6. The molecular weight excluding hydrogens is 226 g/mol. The molecule has 0 saturated heterocycles. The van der Waals surface area contributed by atoms with E-state index in [1.165, 1.54) is 0 Å². The van der Waals surface area contributed by atoms with Crippen molar-refractivity contribution in [3.63, 3.8) is 0 Å². The molecule has 0 aliphatic heterocycles. The van der Waals surface area contributed by atoms with Gasteiger partial charge in [-0.1, -0.05) is 6.07 Å². The molecule has 0 radical (unpaired) electrons. The predicted octanol–water partition coefficient (Wildman–Crippen LogP) is 1.82. The first-order chi connectivity index (χ1) is 8.78. The molecule has 18 heavy (non-hydrogen) atoms. The van der Waals surface area contributed by atoms with E-state index in [4.69, 9.17) is 5.26 Å². The molecule has 1 aliphatic carbocycles. The number of nitriles is 1. The SMILES string of the molecule is N#CC1CCC(NC(=O)Cc2cccnc2)CC1. The first-order valence-corrected chi connectivity index (χ1v) is 6.36. The van der Waals surface area contributed by atoms with Crippen LogP contribution in [0.3, 0.4) is 0 Å². The van der Waals surface area contributed by atoms with Crippen molar-refractivity contribution < 1.29 is 4.79 Å². The van der Waals surface area contributed by atoms with Crippen LogP contribution in [0.15, 0.2) is 24.5 Å². The smallest absolute Gasteiger partial charge is 0.224 e. The molecule has 0 spiro atoms. The molecule has 1 heterocycles. The predicted molar refractivity (Wildman–Crippen MR) is 67.4 cm³/mol. The van der Waals surface area contributed by atoms with Gasteiger partial charge >= 0.3 is 0 Å². The van der Waals surface area contributed by atoms with E-state index in [0.29, 0.717) is 6.42 Å². The topological polar surface area (TPSA) is 65.8 Å². The summed E-state index contributed by atoms with van der Waals surface area (Å²) in [6.45, 7) is 0. The number of hydrogen-bond acceptors (Lipinski definition) is 3. The van der Waals surface area contributed by atoms with Crippen molar-refractivity contribution in [1.82, 2.24) is 10.3 Å². The van der Waals surface area contributed by atoms with E-state index >= 15 is 0 Å². The average Bonchev–Trinajstić information content (AvgIpc) is 2.40. The Labute approximate surface area is 107 Å². The summed E-state index contributed by atoms with van der Waals surface area (Å²) in [7, 11) is 0. The van der Waals surface area contributed by atoms with Crippen LogP contribution in [0.1, 0.15) is 31.2 Å². The van der Waals surface area contributed by atoms with Crippen molar-refractivity contribution in [2.45, 2.75) is 38.1 Å². The molecule has 0 aromatic carbocycles. The van der Waals surface area contributed by atoms with Gasteiger partial charge in [-0.3, -0.25) is 9.78 Å². The van der Waals surface area contributed by atoms with E-state index in [0.717, 1.165) is 31.2 Å². The third-order valence-corrected chi connectivity index (χ3v) is 3.36. The van der Waals surface area contributed by atoms with E-state index in [1.54, 1.807) is 12.4 Å². The summed E-state index contributed by atoms with van der Waals surface area (Å²) in [5, 5.41) is 11.8. The molecule has 1 saturated carbocycles. The van der Waals surface area contributed by atoms with Gasteiger partial charge in [0, 0.05) is 24.4 Å². The van der Waals surface area contributed by atoms with Crippen LogP contribution in [0.4, 0.5) is 0 Å². The van der Waals surface area contributed by atoms with Crippen molar-refractivity contribution >= 4 is 5.91 Å². The van der Waals surface area contributed by atoms with E-state index in [-0.39, 0.29) is 17.9 Å². The lowest BCUT2D eigenvalue weighted by molar-refractivity contribution is -0.121. The molecule has 94 valence electrons. The van der Waals surface area contributed by atoms with Crippen molar-refractivity contribution in [1.29, 1.82) is 5.26 Å². The standard InChI is InChI=1S/C14H17N3O/c15-9-11-3-5-13(6-4-11)17-14(18)8-12-2-1-7-16-10-12/h1-2,7,10-11,13H,3-6,8H2,(H,17,18). The van der Waals surface area contributed by atoms with Gasteiger partial charge in [0.15, 0.2) is 0 Å². The second kappa shape index (κ2) is 6.15. The number of aromatic nitrogens is 1. The average molecular weight is 243 g/mol. The quantitative estimate of drug-likeness (QED) is 0.880. The van der Waals surface area contributed by atoms with Gasteiger partial charge in [-0.15, -0.1) is 0 Å². The summed E-state index contributed by atoms with van der Waals surface area (Å²) in [5.74, 6) is 0.222. The maximum absolute atomic E-state index is 11.8. The fraction of sp³-hybridized carbons (Fsp3) is 0.500. The Bertz CT molecular complexity index is 430. The zero-order valence-electron chi connectivity index (χ0n) is 10.3. The second-order valence-electron chi connectivity index (χ2n) is 4.78. The minimum atomic E-state index is 0.0448. The van der Waals surface area contributed by atoms with Crippen LogP contribution in [-0.2, 0) is 11.2 Å². The Kier molecular flexibility index (Phi) is 4.30. The molecule has 2 rings (SSSR count). The van der Waals surface area contributed by atoms with Crippen LogP contribution in [0.5, 0.6) is 0 Å². The monoisotopic (exact) mass is 243 g/mol. The Morgan fingerprint density at radius 2 is 2.22 bits per heavy atom. The lowest BCUT2D eigenvalue weighted by Gasteiger charge is -2.25. The van der Waals surface area contributed by atoms with Crippen molar-refractivity contribution in [3.8, 4) is 6.07 Å². The molecule has 1 aliphatic rings. The van der Waals surface area contributed by atoms with Crippen LogP contribution >= 0.6 is 0 Å². The molecule has 0 atom stereocenters. The normalized spacial score (nSPS) is 23.1. The van der Waals surface area contributed by atoms with Crippen LogP contribution in [-0.4, -0.2) is 16.9 Å². The molecule has 1 aromatic rings. The third-order valence-electron chi connectivity index (χ3n) is 3.36. The zero-order chi connectivity index (χ0) is 12.8. The molecule has 1 fully saturated rings. The highest BCUT2D eigenvalue weighted by atomic mass is 16.1. The van der Waals surface area contributed by atoms with Gasteiger partial charge in [0.1, 0.15) is 0 Å². The van der Waals surface area contributed by atoms with E-state index in [1.807, 2.05) is 12.1 Å². The first-order valence-electron chi connectivity index (χ1n) is 6.36. The molecule has 0 bridgehead atoms. The lowest BCUT2D eigenvalue weighted by Crippen LogP contribution is -2.38. The number of hydrogen-bond donors (Lipinski definition) is 1. The highest BCUT2D eigenvalue weighted by Gasteiger charge is 2.21. The molecule has 1 N–H and O–H groups in total. The molecular formula is C14H17N3O. The van der Waals surface area contributed by atoms with Crippen LogP contribution < -0.4 is 5.32 Å². The summed E-state index contributed by atoms with van der Waals surface area (Å²) in [6, 6.07) is 6.27. The van der Waals surface area contributed by atoms with Crippen molar-refractivity contribution in [2.75, 3.05) is 0 Å². The number of amides is 1. The number of nitrogens with zero attached hydrogens (tertiary/aromatic N) is 2. The molecule has 4 heteroatoms. The van der Waals surface area contributed by atoms with Gasteiger partial charge in [-0.25, -0.2) is 0 Å². The summed E-state index contributed by atoms with van der Waals surface area (Å²) >= 11 is 0. The van der Waals surface area contributed by atoms with Gasteiger partial charge in [0.25, 0.3) is 0 Å². The second-order valence-corrected chi connectivity index (χ2v) is 4.78. The number of pyridine rings is 1. The third kappa shape index (κ3) is 3.56. The Morgan fingerprint density at radius 1 is 1.44 bits per heavy atom. The largest absolute Gasteiger partial charge is 0.353 e. The molecule has 0 unspecified atom stereocenters. The minimum Gasteiger partial charge on any atom is -0.353 e. The molecule has 1 aromatic heterocycles. The Morgan fingerprint density at radius 3 is 2.83 bits per heavy atom. The number of carbonyl (C=O) groups excluding carboxylic acids is 1. The van der Waals surface area contributed by atoms with Crippen LogP contribution in [0.2, 0.25) is 0 Å². The minimum absolute atomic E-state index is 0.0448. The van der Waals surface area contributed by atoms with Crippen LogP contribution in [0, 0.1) is 17.2 Å². The maximum atomic E-state index is 11.8. The summed E-state index contributed by atoms with van der Waals surface area (Å²) in [4.78, 5) is 15.8. The highest BCUT2D eigenvalue weighted by Crippen LogP contribution is 2.23. The fourth-order valence-electron chi connectivity index (χ4n) is 2.33. The number of carbonyl (C=O) groups is 1. The van der Waals surface area contributed by atoms with Crippen LogP contribution in [0.25, 0.3) is 0 Å². The fourth-order valence-corrected chi connectivity index (χ4v) is 2.33.